The lowest BCUT2D eigenvalue weighted by molar-refractivity contribution is -0.150. The van der Waals surface area contributed by atoms with E-state index in [1.54, 1.807) is 52.8 Å². The Labute approximate surface area is 141 Å². The van der Waals surface area contributed by atoms with Crippen molar-refractivity contribution in [1.29, 1.82) is 0 Å². The summed E-state index contributed by atoms with van der Waals surface area (Å²) in [5, 5.41) is 21.7. The van der Waals surface area contributed by atoms with Crippen molar-refractivity contribution < 1.29 is 29.3 Å². The van der Waals surface area contributed by atoms with Crippen molar-refractivity contribution in [3.63, 3.8) is 0 Å². The van der Waals surface area contributed by atoms with Crippen LogP contribution in [0.4, 0.5) is 10.5 Å². The van der Waals surface area contributed by atoms with Crippen LogP contribution < -0.4 is 10.1 Å². The van der Waals surface area contributed by atoms with Gasteiger partial charge in [0, 0.05) is 11.5 Å². The first-order chi connectivity index (χ1) is 10.9. The molecule has 7 nitrogen and oxygen atoms in total. The van der Waals surface area contributed by atoms with Crippen molar-refractivity contribution in [3.8, 4) is 5.75 Å². The first kappa shape index (κ1) is 19.8. The molecular formula is C17H25NO6. The van der Waals surface area contributed by atoms with Gasteiger partial charge in [-0.1, -0.05) is 19.9 Å². The van der Waals surface area contributed by atoms with Crippen LogP contribution in [0.2, 0.25) is 0 Å². The normalized spacial score (nSPS) is 13.1. The van der Waals surface area contributed by atoms with E-state index in [-0.39, 0.29) is 0 Å². The molecule has 0 aliphatic rings. The molecule has 1 amide bonds. The van der Waals surface area contributed by atoms with Gasteiger partial charge in [-0.05, 0) is 32.4 Å². The molecule has 0 saturated carbocycles. The molecule has 1 aromatic rings. The second-order valence-electron chi connectivity index (χ2n) is 7.00. The molecule has 0 bridgehead atoms. The highest BCUT2D eigenvalue weighted by Crippen LogP contribution is 2.35. The summed E-state index contributed by atoms with van der Waals surface area (Å²) in [7, 11) is 1.48. The third kappa shape index (κ3) is 4.86. The number of hydrogen-bond donors (Lipinski definition) is 3. The quantitative estimate of drug-likeness (QED) is 0.762. The molecule has 1 aromatic carbocycles. The lowest BCUT2D eigenvalue weighted by atomic mass is 9.78. The average Bonchev–Trinajstić information content (AvgIpc) is 2.43. The van der Waals surface area contributed by atoms with Gasteiger partial charge in [0.25, 0.3) is 0 Å². The molecule has 0 saturated heterocycles. The largest absolute Gasteiger partial charge is 0.497 e. The van der Waals surface area contributed by atoms with Crippen molar-refractivity contribution >= 4 is 17.7 Å². The summed E-state index contributed by atoms with van der Waals surface area (Å²) < 4.78 is 10.4. The van der Waals surface area contributed by atoms with Crippen LogP contribution in [0, 0.1) is 0 Å². The van der Waals surface area contributed by atoms with E-state index in [1.807, 2.05) is 0 Å². The Morgan fingerprint density at radius 3 is 2.21 bits per heavy atom. The number of carbonyl (C=O) groups excluding carboxylic acids is 1. The number of benzene rings is 1. The minimum absolute atomic E-state index is 0.314. The summed E-state index contributed by atoms with van der Waals surface area (Å²) in [6.07, 6.45) is -2.33. The van der Waals surface area contributed by atoms with Crippen LogP contribution >= 0.6 is 0 Å². The molecule has 1 unspecified atom stereocenters. The smallest absolute Gasteiger partial charge is 0.412 e. The summed E-state index contributed by atoms with van der Waals surface area (Å²) >= 11 is 0. The molecule has 3 N–H and O–H groups in total. The van der Waals surface area contributed by atoms with Gasteiger partial charge in [-0.15, -0.1) is 0 Å². The van der Waals surface area contributed by atoms with Gasteiger partial charge in [0.1, 0.15) is 11.4 Å². The predicted molar refractivity (Wildman–Crippen MR) is 89.5 cm³/mol. The molecule has 1 atom stereocenters. The Kier molecular flexibility index (Phi) is 5.84. The highest BCUT2D eigenvalue weighted by atomic mass is 16.6. The Hall–Kier alpha value is -2.28. The standard InChI is InChI=1S/C17H25NO6/c1-16(2,3)24-15(22)18-12-9-10(23-6)7-8-11(12)17(4,5)13(19)14(20)21/h7-9,13,19H,1-6H3,(H,18,22)(H,20,21). The number of carboxylic acids is 1. The number of rotatable bonds is 5. The molecule has 134 valence electrons. The highest BCUT2D eigenvalue weighted by Gasteiger charge is 2.37. The van der Waals surface area contributed by atoms with Crippen LogP contribution in [0.15, 0.2) is 18.2 Å². The number of aliphatic hydroxyl groups is 1. The molecule has 24 heavy (non-hydrogen) atoms. The maximum atomic E-state index is 12.1. The zero-order valence-electron chi connectivity index (χ0n) is 14.8. The van der Waals surface area contributed by atoms with Crippen LogP contribution in [0.5, 0.6) is 5.75 Å². The summed E-state index contributed by atoms with van der Waals surface area (Å²) in [6.45, 7) is 8.35. The topological polar surface area (TPSA) is 105 Å². The molecule has 1 rings (SSSR count). The van der Waals surface area contributed by atoms with Crippen LogP contribution in [0.25, 0.3) is 0 Å². The van der Waals surface area contributed by atoms with E-state index < -0.39 is 29.2 Å². The summed E-state index contributed by atoms with van der Waals surface area (Å²) in [4.78, 5) is 23.2. The zero-order valence-corrected chi connectivity index (χ0v) is 14.8. The first-order valence-electron chi connectivity index (χ1n) is 7.48. The van der Waals surface area contributed by atoms with Gasteiger partial charge in [0.15, 0.2) is 6.10 Å². The number of carbonyl (C=O) groups is 2. The number of carboxylic acid groups (broad SMARTS) is 1. The minimum atomic E-state index is -1.65. The lowest BCUT2D eigenvalue weighted by Crippen LogP contribution is -2.40. The molecule has 0 heterocycles. The van der Waals surface area contributed by atoms with E-state index in [1.165, 1.54) is 7.11 Å². The van der Waals surface area contributed by atoms with Crippen LogP contribution in [-0.4, -0.2) is 41.1 Å². The van der Waals surface area contributed by atoms with Gasteiger partial charge >= 0.3 is 12.1 Å². The third-order valence-electron chi connectivity index (χ3n) is 3.47. The molecule has 0 radical (unpaired) electrons. The summed E-state index contributed by atoms with van der Waals surface area (Å²) in [6, 6.07) is 4.79. The van der Waals surface area contributed by atoms with Gasteiger partial charge < -0.3 is 19.7 Å². The SMILES string of the molecule is COc1ccc(C(C)(C)C(O)C(=O)O)c(NC(=O)OC(C)(C)C)c1. The Morgan fingerprint density at radius 1 is 1.17 bits per heavy atom. The molecule has 0 aliphatic carbocycles. The maximum absolute atomic E-state index is 12.1. The number of aliphatic carboxylic acids is 1. The van der Waals surface area contributed by atoms with Crippen molar-refractivity contribution in [2.75, 3.05) is 12.4 Å². The van der Waals surface area contributed by atoms with Gasteiger partial charge in [0.05, 0.1) is 12.8 Å². The van der Waals surface area contributed by atoms with Crippen LogP contribution in [0.3, 0.4) is 0 Å². The van der Waals surface area contributed by atoms with Gasteiger partial charge in [-0.2, -0.15) is 0 Å². The molecule has 0 fully saturated rings. The number of hydrogen-bond acceptors (Lipinski definition) is 5. The maximum Gasteiger partial charge on any atom is 0.412 e. The Morgan fingerprint density at radius 2 is 1.75 bits per heavy atom. The number of ether oxygens (including phenoxy) is 2. The van der Waals surface area contributed by atoms with Crippen molar-refractivity contribution in [2.45, 2.75) is 51.7 Å². The molecule has 0 aliphatic heterocycles. The van der Waals surface area contributed by atoms with Crippen LogP contribution in [-0.2, 0) is 14.9 Å². The number of anilines is 1. The molecular weight excluding hydrogens is 314 g/mol. The van der Waals surface area contributed by atoms with E-state index in [4.69, 9.17) is 14.6 Å². The minimum Gasteiger partial charge on any atom is -0.497 e. The van der Waals surface area contributed by atoms with E-state index in [2.05, 4.69) is 5.32 Å². The van der Waals surface area contributed by atoms with Gasteiger partial charge in [-0.3, -0.25) is 5.32 Å². The lowest BCUT2D eigenvalue weighted by Gasteiger charge is -2.31. The predicted octanol–water partition coefficient (Wildman–Crippen LogP) is 2.77. The molecule has 0 aromatic heterocycles. The van der Waals surface area contributed by atoms with E-state index >= 15 is 0 Å². The Balaban J connectivity index is 3.27. The van der Waals surface area contributed by atoms with Crippen molar-refractivity contribution in [2.24, 2.45) is 0 Å². The van der Waals surface area contributed by atoms with E-state index in [9.17, 15) is 14.7 Å². The monoisotopic (exact) mass is 339 g/mol. The van der Waals surface area contributed by atoms with Crippen molar-refractivity contribution in [3.05, 3.63) is 23.8 Å². The zero-order chi connectivity index (χ0) is 18.7. The van der Waals surface area contributed by atoms with Crippen LogP contribution in [0.1, 0.15) is 40.2 Å². The Bertz CT molecular complexity index is 618. The van der Waals surface area contributed by atoms with E-state index in [0.29, 0.717) is 17.0 Å². The fourth-order valence-electron chi connectivity index (χ4n) is 2.19. The molecule has 0 spiro atoms. The second-order valence-corrected chi connectivity index (χ2v) is 7.00. The summed E-state index contributed by atoms with van der Waals surface area (Å²) in [5.74, 6) is -0.871. The summed E-state index contributed by atoms with van der Waals surface area (Å²) in [5.41, 5.74) is -1.07. The molecule has 7 heteroatoms. The number of amides is 1. The fourth-order valence-corrected chi connectivity index (χ4v) is 2.19. The van der Waals surface area contributed by atoms with Gasteiger partial charge in [0.2, 0.25) is 0 Å². The number of methoxy groups -OCH3 is 1. The fraction of sp³-hybridized carbons (Fsp3) is 0.529. The first-order valence-corrected chi connectivity index (χ1v) is 7.48. The van der Waals surface area contributed by atoms with E-state index in [0.717, 1.165) is 0 Å². The number of nitrogens with one attached hydrogen (secondary N) is 1. The average molecular weight is 339 g/mol. The van der Waals surface area contributed by atoms with Crippen molar-refractivity contribution in [1.82, 2.24) is 0 Å². The second kappa shape index (κ2) is 7.09. The van der Waals surface area contributed by atoms with Gasteiger partial charge in [-0.25, -0.2) is 9.59 Å². The number of aliphatic hydroxyl groups excluding tert-OH is 1. The highest BCUT2D eigenvalue weighted by molar-refractivity contribution is 5.87. The third-order valence-corrected chi connectivity index (χ3v) is 3.47.